The molecule has 2 heterocycles. The fraction of sp³-hybridized carbons (Fsp3) is 0.207. The van der Waals surface area contributed by atoms with E-state index >= 15 is 0 Å². The molecule has 0 fully saturated rings. The second-order valence-electron chi connectivity index (χ2n) is 8.31. The minimum atomic E-state index is 0.851. The molecule has 5 aromatic rings. The Morgan fingerprint density at radius 2 is 1.58 bits per heavy atom. The molecule has 3 aromatic carbocycles. The van der Waals surface area contributed by atoms with Crippen LogP contribution in [0.2, 0.25) is 0 Å². The van der Waals surface area contributed by atoms with Crippen molar-refractivity contribution in [1.82, 2.24) is 9.55 Å². The number of fused-ring (bicyclic) bond motifs is 2. The van der Waals surface area contributed by atoms with Crippen LogP contribution in [0.1, 0.15) is 36.1 Å². The Balaban J connectivity index is 1.59. The zero-order chi connectivity index (χ0) is 21.4. The molecule has 0 atom stereocenters. The van der Waals surface area contributed by atoms with E-state index in [1.165, 1.54) is 49.5 Å². The number of benzene rings is 3. The van der Waals surface area contributed by atoms with E-state index < -0.39 is 0 Å². The van der Waals surface area contributed by atoms with Gasteiger partial charge in [0.05, 0.1) is 17.4 Å². The number of rotatable bonds is 5. The molecule has 31 heavy (non-hydrogen) atoms. The van der Waals surface area contributed by atoms with E-state index in [0.29, 0.717) is 0 Å². The normalized spacial score (nSPS) is 11.5. The summed E-state index contributed by atoms with van der Waals surface area (Å²) in [5.74, 6) is 0. The SMILES string of the molecule is CCc1cccc(CC)c1-c1cc2ccn(Cc3c(C)ccc4ccccc34)c2cn1. The summed E-state index contributed by atoms with van der Waals surface area (Å²) in [6.07, 6.45) is 6.29. The summed E-state index contributed by atoms with van der Waals surface area (Å²) in [5.41, 5.74) is 9.03. The van der Waals surface area contributed by atoms with Gasteiger partial charge in [0.25, 0.3) is 0 Å². The third-order valence-electron chi connectivity index (χ3n) is 6.52. The molecule has 0 spiro atoms. The van der Waals surface area contributed by atoms with E-state index in [4.69, 9.17) is 4.98 Å². The Morgan fingerprint density at radius 1 is 0.806 bits per heavy atom. The van der Waals surface area contributed by atoms with Gasteiger partial charge in [0.15, 0.2) is 0 Å². The van der Waals surface area contributed by atoms with Crippen LogP contribution in [-0.2, 0) is 19.4 Å². The van der Waals surface area contributed by atoms with Crippen LogP contribution in [0.25, 0.3) is 32.9 Å². The average molecular weight is 405 g/mol. The van der Waals surface area contributed by atoms with Gasteiger partial charge in [0.1, 0.15) is 0 Å². The van der Waals surface area contributed by atoms with Crippen molar-refractivity contribution < 1.29 is 0 Å². The third kappa shape index (κ3) is 3.42. The first kappa shape index (κ1) is 19.6. The second-order valence-corrected chi connectivity index (χ2v) is 8.31. The maximum absolute atomic E-state index is 4.93. The molecule has 0 N–H and O–H groups in total. The summed E-state index contributed by atoms with van der Waals surface area (Å²) in [6, 6.07) is 24.2. The lowest BCUT2D eigenvalue weighted by molar-refractivity contribution is 0.835. The zero-order valence-corrected chi connectivity index (χ0v) is 18.5. The Hall–Kier alpha value is -3.39. The lowest BCUT2D eigenvalue weighted by Crippen LogP contribution is -2.02. The monoisotopic (exact) mass is 404 g/mol. The number of pyridine rings is 1. The van der Waals surface area contributed by atoms with Crippen molar-refractivity contribution in [2.24, 2.45) is 0 Å². The first-order valence-corrected chi connectivity index (χ1v) is 11.2. The molecule has 0 saturated carbocycles. The van der Waals surface area contributed by atoms with Crippen molar-refractivity contribution in [2.45, 2.75) is 40.2 Å². The van der Waals surface area contributed by atoms with Gasteiger partial charge < -0.3 is 4.57 Å². The number of aryl methyl sites for hydroxylation is 3. The highest BCUT2D eigenvalue weighted by molar-refractivity contribution is 5.88. The van der Waals surface area contributed by atoms with E-state index in [2.05, 4.69) is 104 Å². The van der Waals surface area contributed by atoms with Crippen molar-refractivity contribution >= 4 is 21.7 Å². The second kappa shape index (κ2) is 8.03. The number of nitrogens with zero attached hydrogens (tertiary/aromatic N) is 2. The van der Waals surface area contributed by atoms with Crippen LogP contribution >= 0.6 is 0 Å². The lowest BCUT2D eigenvalue weighted by Gasteiger charge is -2.14. The molecule has 0 unspecified atom stereocenters. The highest BCUT2D eigenvalue weighted by Crippen LogP contribution is 2.31. The van der Waals surface area contributed by atoms with Gasteiger partial charge in [-0.1, -0.05) is 68.4 Å². The predicted octanol–water partition coefficient (Wildman–Crippen LogP) is 7.34. The van der Waals surface area contributed by atoms with Crippen molar-refractivity contribution in [1.29, 1.82) is 0 Å². The summed E-state index contributed by atoms with van der Waals surface area (Å²) in [5, 5.41) is 3.87. The van der Waals surface area contributed by atoms with Crippen LogP contribution in [0.4, 0.5) is 0 Å². The fourth-order valence-corrected chi connectivity index (χ4v) is 4.76. The van der Waals surface area contributed by atoms with Gasteiger partial charge in [-0.25, -0.2) is 0 Å². The Labute approximate surface area is 184 Å². The highest BCUT2D eigenvalue weighted by Gasteiger charge is 2.13. The molecular formula is C29H28N2. The molecule has 0 aliphatic rings. The van der Waals surface area contributed by atoms with Crippen molar-refractivity contribution in [3.8, 4) is 11.3 Å². The molecule has 0 aliphatic heterocycles. The van der Waals surface area contributed by atoms with Crippen molar-refractivity contribution in [2.75, 3.05) is 0 Å². The maximum atomic E-state index is 4.93. The molecule has 0 radical (unpaired) electrons. The summed E-state index contributed by atoms with van der Waals surface area (Å²) in [4.78, 5) is 4.93. The van der Waals surface area contributed by atoms with Gasteiger partial charge in [0, 0.05) is 23.7 Å². The van der Waals surface area contributed by atoms with E-state index in [-0.39, 0.29) is 0 Å². The Morgan fingerprint density at radius 3 is 2.35 bits per heavy atom. The topological polar surface area (TPSA) is 17.8 Å². The molecule has 0 saturated heterocycles. The van der Waals surface area contributed by atoms with Crippen LogP contribution < -0.4 is 0 Å². The summed E-state index contributed by atoms with van der Waals surface area (Å²) < 4.78 is 2.33. The van der Waals surface area contributed by atoms with Crippen LogP contribution in [0, 0.1) is 6.92 Å². The van der Waals surface area contributed by atoms with Gasteiger partial charge in [-0.2, -0.15) is 0 Å². The number of hydrogen-bond acceptors (Lipinski definition) is 1. The third-order valence-corrected chi connectivity index (χ3v) is 6.52. The number of hydrogen-bond donors (Lipinski definition) is 0. The predicted molar refractivity (Wildman–Crippen MR) is 132 cm³/mol. The van der Waals surface area contributed by atoms with E-state index in [9.17, 15) is 0 Å². The Bertz CT molecular complexity index is 1370. The van der Waals surface area contributed by atoms with Gasteiger partial charge in [-0.3, -0.25) is 4.98 Å². The standard InChI is InChI=1S/C29H28N2/c1-4-21-10-8-11-22(5-2)29(21)27-17-24-15-16-31(28(24)18-30-27)19-26-20(3)13-14-23-9-6-7-12-25(23)26/h6-18H,4-5,19H2,1-3H3. The molecule has 0 amide bonds. The first-order chi connectivity index (χ1) is 15.2. The van der Waals surface area contributed by atoms with E-state index in [0.717, 1.165) is 25.1 Å². The van der Waals surface area contributed by atoms with Crippen molar-refractivity contribution in [3.05, 3.63) is 101 Å². The molecule has 154 valence electrons. The van der Waals surface area contributed by atoms with Gasteiger partial charge in [0.2, 0.25) is 0 Å². The summed E-state index contributed by atoms with van der Waals surface area (Å²) in [7, 11) is 0. The minimum absolute atomic E-state index is 0.851. The minimum Gasteiger partial charge on any atom is -0.342 e. The fourth-order valence-electron chi connectivity index (χ4n) is 4.76. The summed E-state index contributed by atoms with van der Waals surface area (Å²) >= 11 is 0. The van der Waals surface area contributed by atoms with Crippen molar-refractivity contribution in [3.63, 3.8) is 0 Å². The van der Waals surface area contributed by atoms with Gasteiger partial charge in [-0.15, -0.1) is 0 Å². The molecule has 0 aliphatic carbocycles. The quantitative estimate of drug-likeness (QED) is 0.300. The highest BCUT2D eigenvalue weighted by atomic mass is 15.0. The van der Waals surface area contributed by atoms with Gasteiger partial charge >= 0.3 is 0 Å². The van der Waals surface area contributed by atoms with Crippen LogP contribution in [0.5, 0.6) is 0 Å². The largest absolute Gasteiger partial charge is 0.342 e. The Kier molecular flexibility index (Phi) is 5.07. The van der Waals surface area contributed by atoms with E-state index in [1.54, 1.807) is 0 Å². The molecule has 2 nitrogen and oxygen atoms in total. The molecule has 5 rings (SSSR count). The van der Waals surface area contributed by atoms with Crippen LogP contribution in [0.3, 0.4) is 0 Å². The maximum Gasteiger partial charge on any atom is 0.0715 e. The molecular weight excluding hydrogens is 376 g/mol. The molecule has 0 bridgehead atoms. The number of aromatic nitrogens is 2. The average Bonchev–Trinajstić information content (AvgIpc) is 3.22. The zero-order valence-electron chi connectivity index (χ0n) is 18.5. The van der Waals surface area contributed by atoms with Gasteiger partial charge in [-0.05, 0) is 64.9 Å². The van der Waals surface area contributed by atoms with E-state index in [1.807, 2.05) is 0 Å². The summed E-state index contributed by atoms with van der Waals surface area (Å²) in [6.45, 7) is 7.50. The van der Waals surface area contributed by atoms with Crippen LogP contribution in [-0.4, -0.2) is 9.55 Å². The molecule has 2 heteroatoms. The smallest absolute Gasteiger partial charge is 0.0715 e. The molecule has 2 aromatic heterocycles. The lowest BCUT2D eigenvalue weighted by atomic mass is 9.94. The first-order valence-electron chi connectivity index (χ1n) is 11.2. The van der Waals surface area contributed by atoms with Crippen LogP contribution in [0.15, 0.2) is 79.1 Å².